The fourth-order valence-electron chi connectivity index (χ4n) is 3.04. The van der Waals surface area contributed by atoms with Crippen LogP contribution in [0.4, 0.5) is 0 Å². The third kappa shape index (κ3) is 4.14. The van der Waals surface area contributed by atoms with E-state index in [2.05, 4.69) is 0 Å². The molecule has 0 aliphatic carbocycles. The van der Waals surface area contributed by atoms with Crippen LogP contribution >= 0.6 is 0 Å². The number of aryl methyl sites for hydroxylation is 1. The molecule has 0 saturated carbocycles. The Morgan fingerprint density at radius 2 is 1.75 bits per heavy atom. The van der Waals surface area contributed by atoms with Crippen LogP contribution in [0, 0.1) is 13.8 Å². The minimum Gasteiger partial charge on any atom is -0.497 e. The molecule has 0 aliphatic rings. The summed E-state index contributed by atoms with van der Waals surface area (Å²) in [4.78, 5) is 24.3. The molecular formula is C23H23NO4. The number of ketones is 1. The van der Waals surface area contributed by atoms with Gasteiger partial charge in [0.15, 0.2) is 6.61 Å². The number of carbonyl (C=O) groups excluding carboxylic acids is 2. The van der Waals surface area contributed by atoms with E-state index in [1.165, 1.54) is 6.08 Å². The number of Topliss-reactive ketones (excluding diaryl/α,β-unsaturated/α-hetero) is 1. The lowest BCUT2D eigenvalue weighted by molar-refractivity contribution is -0.136. The first kappa shape index (κ1) is 19.4. The van der Waals surface area contributed by atoms with Gasteiger partial charge in [0.05, 0.1) is 7.11 Å². The summed E-state index contributed by atoms with van der Waals surface area (Å²) in [6.45, 7) is 3.53. The number of fused-ring (bicyclic) bond motifs is 1. The highest BCUT2D eigenvalue weighted by molar-refractivity contribution is 6.00. The number of hydrogen-bond donors (Lipinski definition) is 0. The van der Waals surface area contributed by atoms with Crippen LogP contribution in [0.25, 0.3) is 16.8 Å². The monoisotopic (exact) mass is 377 g/mol. The van der Waals surface area contributed by atoms with Crippen molar-refractivity contribution in [3.63, 3.8) is 0 Å². The van der Waals surface area contributed by atoms with Gasteiger partial charge in [0, 0.05) is 30.1 Å². The molecule has 0 radical (unpaired) electrons. The number of esters is 1. The Hall–Kier alpha value is -3.34. The maximum absolute atomic E-state index is 12.3. The quantitative estimate of drug-likeness (QED) is 0.366. The predicted molar refractivity (Wildman–Crippen MR) is 110 cm³/mol. The molecule has 144 valence electrons. The van der Waals surface area contributed by atoms with Crippen LogP contribution in [-0.4, -0.2) is 30.0 Å². The molecule has 1 aromatic heterocycles. The third-order valence-corrected chi connectivity index (χ3v) is 4.90. The van der Waals surface area contributed by atoms with Crippen molar-refractivity contribution in [2.24, 2.45) is 7.05 Å². The molecule has 0 aliphatic heterocycles. The normalized spacial score (nSPS) is 11.1. The standard InChI is InChI=1S/C23H23NO4/c1-15-11-21(16(2)24(15)3)22(25)14-28-23(26)10-6-17-5-7-19-13-20(27-4)9-8-18(19)12-17/h5-13H,14H2,1-4H3/b10-6+. The number of methoxy groups -OCH3 is 1. The van der Waals surface area contributed by atoms with Crippen molar-refractivity contribution in [1.82, 2.24) is 4.57 Å². The molecule has 3 aromatic rings. The summed E-state index contributed by atoms with van der Waals surface area (Å²) in [6.07, 6.45) is 3.01. The van der Waals surface area contributed by atoms with Gasteiger partial charge in [-0.25, -0.2) is 4.79 Å². The van der Waals surface area contributed by atoms with Gasteiger partial charge in [0.2, 0.25) is 5.78 Å². The van der Waals surface area contributed by atoms with Crippen LogP contribution in [0.3, 0.4) is 0 Å². The topological polar surface area (TPSA) is 57.5 Å². The molecule has 0 atom stereocenters. The van der Waals surface area contributed by atoms with Gasteiger partial charge in [-0.1, -0.05) is 18.2 Å². The van der Waals surface area contributed by atoms with Crippen LogP contribution in [0.1, 0.15) is 27.3 Å². The predicted octanol–water partition coefficient (Wildman–Crippen LogP) is 4.24. The molecule has 28 heavy (non-hydrogen) atoms. The molecule has 0 unspecified atom stereocenters. The second-order valence-corrected chi connectivity index (χ2v) is 6.68. The number of rotatable bonds is 6. The first-order chi connectivity index (χ1) is 13.4. The Morgan fingerprint density at radius 3 is 2.43 bits per heavy atom. The summed E-state index contributed by atoms with van der Waals surface area (Å²) in [5.41, 5.74) is 3.31. The van der Waals surface area contributed by atoms with Crippen LogP contribution < -0.4 is 4.74 Å². The highest BCUT2D eigenvalue weighted by atomic mass is 16.5. The zero-order valence-corrected chi connectivity index (χ0v) is 16.5. The molecule has 5 heteroatoms. The molecule has 0 bridgehead atoms. The Labute approximate surface area is 164 Å². The average Bonchev–Trinajstić information content (AvgIpc) is 2.97. The minimum absolute atomic E-state index is 0.206. The summed E-state index contributed by atoms with van der Waals surface area (Å²) >= 11 is 0. The van der Waals surface area contributed by atoms with Gasteiger partial charge in [-0.2, -0.15) is 0 Å². The number of hydrogen-bond acceptors (Lipinski definition) is 4. The third-order valence-electron chi connectivity index (χ3n) is 4.90. The summed E-state index contributed by atoms with van der Waals surface area (Å²) in [5, 5.41) is 2.10. The van der Waals surface area contributed by atoms with E-state index in [9.17, 15) is 9.59 Å². The summed E-state index contributed by atoms with van der Waals surface area (Å²) in [6, 6.07) is 13.5. The first-order valence-electron chi connectivity index (χ1n) is 8.98. The lowest BCUT2D eigenvalue weighted by Gasteiger charge is -2.04. The first-order valence-corrected chi connectivity index (χ1v) is 8.98. The van der Waals surface area contributed by atoms with Crippen molar-refractivity contribution in [1.29, 1.82) is 0 Å². The van der Waals surface area contributed by atoms with Gasteiger partial charge in [0.1, 0.15) is 5.75 Å². The van der Waals surface area contributed by atoms with E-state index in [1.807, 2.05) is 67.9 Å². The highest BCUT2D eigenvalue weighted by Crippen LogP contribution is 2.22. The number of ether oxygens (including phenoxy) is 2. The molecule has 0 fully saturated rings. The Morgan fingerprint density at radius 1 is 1.04 bits per heavy atom. The molecule has 2 aromatic carbocycles. The van der Waals surface area contributed by atoms with Crippen molar-refractivity contribution < 1.29 is 19.1 Å². The number of benzene rings is 2. The fraction of sp³-hybridized carbons (Fsp3) is 0.217. The lowest BCUT2D eigenvalue weighted by atomic mass is 10.1. The largest absolute Gasteiger partial charge is 0.497 e. The van der Waals surface area contributed by atoms with E-state index >= 15 is 0 Å². The van der Waals surface area contributed by atoms with Crippen molar-refractivity contribution in [2.45, 2.75) is 13.8 Å². The lowest BCUT2D eigenvalue weighted by Crippen LogP contribution is -2.13. The van der Waals surface area contributed by atoms with Crippen molar-refractivity contribution in [3.05, 3.63) is 71.1 Å². The van der Waals surface area contributed by atoms with Crippen molar-refractivity contribution in [2.75, 3.05) is 13.7 Å². The van der Waals surface area contributed by atoms with Gasteiger partial charge in [-0.3, -0.25) is 4.79 Å². The SMILES string of the molecule is COc1ccc2cc(/C=C/C(=O)OCC(=O)c3cc(C)n(C)c3C)ccc2c1. The molecule has 0 spiro atoms. The van der Waals surface area contributed by atoms with Crippen LogP contribution in [0.5, 0.6) is 5.75 Å². The second kappa shape index (κ2) is 8.13. The van der Waals surface area contributed by atoms with Gasteiger partial charge in [-0.15, -0.1) is 0 Å². The highest BCUT2D eigenvalue weighted by Gasteiger charge is 2.15. The fourth-order valence-corrected chi connectivity index (χ4v) is 3.04. The van der Waals surface area contributed by atoms with Gasteiger partial charge < -0.3 is 14.0 Å². The molecule has 0 saturated heterocycles. The second-order valence-electron chi connectivity index (χ2n) is 6.68. The van der Waals surface area contributed by atoms with Gasteiger partial charge in [-0.05, 0) is 60.5 Å². The van der Waals surface area contributed by atoms with E-state index < -0.39 is 5.97 Å². The smallest absolute Gasteiger partial charge is 0.331 e. The maximum Gasteiger partial charge on any atom is 0.331 e. The molecule has 0 N–H and O–H groups in total. The molecule has 0 amide bonds. The number of aromatic nitrogens is 1. The summed E-state index contributed by atoms with van der Waals surface area (Å²) in [5.74, 6) is 0.0453. The van der Waals surface area contributed by atoms with Crippen LogP contribution in [0.15, 0.2) is 48.5 Å². The minimum atomic E-state index is -0.548. The van der Waals surface area contributed by atoms with E-state index in [4.69, 9.17) is 9.47 Å². The summed E-state index contributed by atoms with van der Waals surface area (Å²) < 4.78 is 12.3. The van der Waals surface area contributed by atoms with E-state index in [0.29, 0.717) is 5.56 Å². The maximum atomic E-state index is 12.3. The van der Waals surface area contributed by atoms with E-state index in [1.54, 1.807) is 13.2 Å². The van der Waals surface area contributed by atoms with E-state index in [-0.39, 0.29) is 12.4 Å². The van der Waals surface area contributed by atoms with Crippen molar-refractivity contribution >= 4 is 28.6 Å². The number of carbonyl (C=O) groups is 2. The zero-order chi connectivity index (χ0) is 20.3. The molecular weight excluding hydrogens is 354 g/mol. The Bertz CT molecular complexity index is 1080. The molecule has 5 nitrogen and oxygen atoms in total. The Kier molecular flexibility index (Phi) is 5.64. The number of nitrogens with zero attached hydrogens (tertiary/aromatic N) is 1. The summed E-state index contributed by atoms with van der Waals surface area (Å²) in [7, 11) is 3.53. The Balaban J connectivity index is 1.62. The van der Waals surface area contributed by atoms with Crippen LogP contribution in [-0.2, 0) is 16.6 Å². The molecule has 1 heterocycles. The van der Waals surface area contributed by atoms with Gasteiger partial charge in [0.25, 0.3) is 0 Å². The molecule has 3 rings (SSSR count). The van der Waals surface area contributed by atoms with Crippen LogP contribution in [0.2, 0.25) is 0 Å². The van der Waals surface area contributed by atoms with E-state index in [0.717, 1.165) is 33.5 Å². The average molecular weight is 377 g/mol. The van der Waals surface area contributed by atoms with Gasteiger partial charge >= 0.3 is 5.97 Å². The zero-order valence-electron chi connectivity index (χ0n) is 16.5. The van der Waals surface area contributed by atoms with Crippen molar-refractivity contribution in [3.8, 4) is 5.75 Å².